The molecule has 1 aliphatic rings. The number of nitrogens with zero attached hydrogens (tertiary/aromatic N) is 2. The average molecular weight is 357 g/mol. The lowest BCUT2D eigenvalue weighted by atomic mass is 9.97. The van der Waals surface area contributed by atoms with Crippen LogP contribution in [0.25, 0.3) is 10.2 Å². The number of hydrogen-bond donors (Lipinski definition) is 2. The van der Waals surface area contributed by atoms with Gasteiger partial charge in [0.2, 0.25) is 0 Å². The second-order valence-corrected chi connectivity index (χ2v) is 7.81. The van der Waals surface area contributed by atoms with Crippen LogP contribution in [0.4, 0.5) is 5.82 Å². The third-order valence-electron chi connectivity index (χ3n) is 4.81. The number of aryl methyl sites for hydroxylation is 3. The highest BCUT2D eigenvalue weighted by Gasteiger charge is 2.21. The average Bonchev–Trinajstić information content (AvgIpc) is 3.25. The zero-order chi connectivity index (χ0) is 17.2. The lowest BCUT2D eigenvalue weighted by Crippen LogP contribution is -2.21. The molecule has 1 unspecified atom stereocenters. The van der Waals surface area contributed by atoms with E-state index in [0.717, 1.165) is 35.1 Å². The van der Waals surface area contributed by atoms with Crippen LogP contribution in [-0.4, -0.2) is 28.2 Å². The summed E-state index contributed by atoms with van der Waals surface area (Å²) in [5, 5.41) is 14.4. The Kier molecular flexibility index (Phi) is 4.72. The Hall–Kier alpha value is -1.92. The van der Waals surface area contributed by atoms with Crippen molar-refractivity contribution >= 4 is 27.4 Å². The highest BCUT2D eigenvalue weighted by atomic mass is 32.1. The number of rotatable bonds is 6. The molecule has 3 aromatic heterocycles. The van der Waals surface area contributed by atoms with Crippen molar-refractivity contribution in [1.29, 1.82) is 0 Å². The van der Waals surface area contributed by atoms with Crippen molar-refractivity contribution in [2.24, 2.45) is 5.92 Å². The van der Waals surface area contributed by atoms with Gasteiger partial charge in [0, 0.05) is 30.4 Å². The molecule has 0 saturated heterocycles. The molecule has 0 amide bonds. The first kappa shape index (κ1) is 16.5. The molecule has 2 N–H and O–H groups in total. The Bertz CT molecular complexity index is 857. The lowest BCUT2D eigenvalue weighted by Gasteiger charge is -2.16. The van der Waals surface area contributed by atoms with Crippen LogP contribution in [0.2, 0.25) is 0 Å². The van der Waals surface area contributed by atoms with E-state index in [0.29, 0.717) is 13.0 Å². The van der Waals surface area contributed by atoms with Gasteiger partial charge in [-0.1, -0.05) is 0 Å². The maximum atomic E-state index is 9.71. The van der Waals surface area contributed by atoms with Crippen molar-refractivity contribution in [1.82, 2.24) is 9.97 Å². The van der Waals surface area contributed by atoms with E-state index in [1.165, 1.54) is 28.7 Å². The smallest absolute Gasteiger partial charge is 0.138 e. The number of thiophene rings is 1. The molecular weight excluding hydrogens is 334 g/mol. The van der Waals surface area contributed by atoms with Crippen molar-refractivity contribution in [2.45, 2.75) is 39.0 Å². The van der Waals surface area contributed by atoms with Gasteiger partial charge in [0.25, 0.3) is 0 Å². The van der Waals surface area contributed by atoms with Gasteiger partial charge in [-0.25, -0.2) is 9.97 Å². The van der Waals surface area contributed by atoms with Crippen LogP contribution in [0, 0.1) is 12.8 Å². The first-order valence-electron chi connectivity index (χ1n) is 8.90. The highest BCUT2D eigenvalue weighted by Crippen LogP contribution is 2.38. The van der Waals surface area contributed by atoms with E-state index in [1.807, 2.05) is 30.4 Å². The normalized spacial score (nSPS) is 15.3. The van der Waals surface area contributed by atoms with E-state index in [4.69, 9.17) is 4.42 Å². The molecule has 0 aliphatic heterocycles. The van der Waals surface area contributed by atoms with Gasteiger partial charge >= 0.3 is 0 Å². The topological polar surface area (TPSA) is 71.2 Å². The molecule has 132 valence electrons. The molecule has 0 fully saturated rings. The van der Waals surface area contributed by atoms with E-state index >= 15 is 0 Å². The monoisotopic (exact) mass is 357 g/mol. The van der Waals surface area contributed by atoms with Crippen LogP contribution in [0.3, 0.4) is 0 Å². The maximum Gasteiger partial charge on any atom is 0.138 e. The molecular formula is C19H23N3O2S. The summed E-state index contributed by atoms with van der Waals surface area (Å²) in [5.41, 5.74) is 1.43. The number of aliphatic hydroxyl groups is 1. The van der Waals surface area contributed by atoms with Crippen LogP contribution < -0.4 is 5.32 Å². The minimum atomic E-state index is 0.0888. The standard InChI is InChI=1S/C19H23N3O2S/c1-12-21-18(20-10-13(11-23)9-14-5-4-8-24-14)17-15-6-2-3-7-16(15)25-19(17)22-12/h4-5,8,13,23H,2-3,6-7,9-11H2,1H3,(H,20,21,22). The summed E-state index contributed by atoms with van der Waals surface area (Å²) >= 11 is 1.82. The lowest BCUT2D eigenvalue weighted by molar-refractivity contribution is 0.226. The van der Waals surface area contributed by atoms with Crippen molar-refractivity contribution in [3.8, 4) is 0 Å². The molecule has 25 heavy (non-hydrogen) atoms. The predicted molar refractivity (Wildman–Crippen MR) is 100 cm³/mol. The van der Waals surface area contributed by atoms with E-state index in [1.54, 1.807) is 6.26 Å². The Morgan fingerprint density at radius 2 is 2.20 bits per heavy atom. The summed E-state index contributed by atoms with van der Waals surface area (Å²) in [6.07, 6.45) is 7.17. The first-order chi connectivity index (χ1) is 12.2. The molecule has 0 aromatic carbocycles. The van der Waals surface area contributed by atoms with E-state index in [-0.39, 0.29) is 12.5 Å². The SMILES string of the molecule is Cc1nc(NCC(CO)Cc2ccco2)c2c3c(sc2n1)CCCC3. The van der Waals surface area contributed by atoms with Crippen molar-refractivity contribution in [3.05, 3.63) is 40.4 Å². The summed E-state index contributed by atoms with van der Waals surface area (Å²) in [7, 11) is 0. The third-order valence-corrected chi connectivity index (χ3v) is 6.00. The number of aromatic nitrogens is 2. The molecule has 0 radical (unpaired) electrons. The molecule has 6 heteroatoms. The molecule has 1 atom stereocenters. The van der Waals surface area contributed by atoms with Gasteiger partial charge in [-0.15, -0.1) is 11.3 Å². The largest absolute Gasteiger partial charge is 0.469 e. The van der Waals surface area contributed by atoms with Gasteiger partial charge in [0.1, 0.15) is 22.2 Å². The van der Waals surface area contributed by atoms with Crippen LogP contribution in [0.5, 0.6) is 0 Å². The van der Waals surface area contributed by atoms with Gasteiger partial charge in [-0.05, 0) is 50.3 Å². The molecule has 0 spiro atoms. The third kappa shape index (κ3) is 3.41. The zero-order valence-corrected chi connectivity index (χ0v) is 15.2. The summed E-state index contributed by atoms with van der Waals surface area (Å²) in [4.78, 5) is 11.9. The Labute approximate surface area is 151 Å². The van der Waals surface area contributed by atoms with Crippen molar-refractivity contribution in [2.75, 3.05) is 18.5 Å². The van der Waals surface area contributed by atoms with E-state index in [9.17, 15) is 5.11 Å². The number of hydrogen-bond acceptors (Lipinski definition) is 6. The number of fused-ring (bicyclic) bond motifs is 3. The van der Waals surface area contributed by atoms with E-state index in [2.05, 4.69) is 15.3 Å². The summed E-state index contributed by atoms with van der Waals surface area (Å²) in [6, 6.07) is 3.83. The minimum absolute atomic E-state index is 0.0888. The Morgan fingerprint density at radius 1 is 1.32 bits per heavy atom. The number of nitrogens with one attached hydrogen (secondary N) is 1. The van der Waals surface area contributed by atoms with Crippen molar-refractivity contribution < 1.29 is 9.52 Å². The summed E-state index contributed by atoms with van der Waals surface area (Å²) in [5.74, 6) is 2.70. The molecule has 5 nitrogen and oxygen atoms in total. The minimum Gasteiger partial charge on any atom is -0.469 e. The molecule has 3 aromatic rings. The predicted octanol–water partition coefficient (Wildman–Crippen LogP) is 3.73. The van der Waals surface area contributed by atoms with E-state index < -0.39 is 0 Å². The fraction of sp³-hybridized carbons (Fsp3) is 0.474. The maximum absolute atomic E-state index is 9.71. The fourth-order valence-corrected chi connectivity index (χ4v) is 4.85. The fourth-order valence-electron chi connectivity index (χ4n) is 3.55. The van der Waals surface area contributed by atoms with Crippen molar-refractivity contribution in [3.63, 3.8) is 0 Å². The van der Waals surface area contributed by atoms with Gasteiger partial charge < -0.3 is 14.8 Å². The van der Waals surface area contributed by atoms with Gasteiger partial charge in [0.15, 0.2) is 0 Å². The van der Waals surface area contributed by atoms with Crippen LogP contribution in [-0.2, 0) is 19.3 Å². The van der Waals surface area contributed by atoms with Gasteiger partial charge in [-0.3, -0.25) is 0 Å². The number of anilines is 1. The quantitative estimate of drug-likeness (QED) is 0.703. The number of aliphatic hydroxyl groups excluding tert-OH is 1. The Morgan fingerprint density at radius 3 is 3.00 bits per heavy atom. The van der Waals surface area contributed by atoms with Crippen LogP contribution >= 0.6 is 11.3 Å². The second-order valence-electron chi connectivity index (χ2n) is 6.72. The first-order valence-corrected chi connectivity index (χ1v) is 9.72. The molecule has 0 saturated carbocycles. The second kappa shape index (κ2) is 7.14. The van der Waals surface area contributed by atoms with Crippen LogP contribution in [0.15, 0.2) is 22.8 Å². The Balaban J connectivity index is 1.58. The van der Waals surface area contributed by atoms with Gasteiger partial charge in [-0.2, -0.15) is 0 Å². The molecule has 1 aliphatic carbocycles. The molecule has 3 heterocycles. The highest BCUT2D eigenvalue weighted by molar-refractivity contribution is 7.19. The molecule has 4 rings (SSSR count). The summed E-state index contributed by atoms with van der Waals surface area (Å²) < 4.78 is 5.41. The molecule has 0 bridgehead atoms. The zero-order valence-electron chi connectivity index (χ0n) is 14.4. The van der Waals surface area contributed by atoms with Crippen LogP contribution in [0.1, 0.15) is 34.9 Å². The van der Waals surface area contributed by atoms with Gasteiger partial charge in [0.05, 0.1) is 11.6 Å². The summed E-state index contributed by atoms with van der Waals surface area (Å²) in [6.45, 7) is 2.71. The number of furan rings is 1.